The van der Waals surface area contributed by atoms with E-state index >= 15 is 0 Å². The van der Waals surface area contributed by atoms with Crippen molar-refractivity contribution in [2.45, 2.75) is 32.9 Å². The predicted molar refractivity (Wildman–Crippen MR) is 63.0 cm³/mol. The van der Waals surface area contributed by atoms with Gasteiger partial charge in [-0.1, -0.05) is 0 Å². The maximum atomic E-state index is 10.8. The number of aliphatic hydroxyl groups is 1. The minimum absolute atomic E-state index is 0.0170. The first-order valence-corrected chi connectivity index (χ1v) is 5.42. The highest BCUT2D eigenvalue weighted by Crippen LogP contribution is 2.16. The van der Waals surface area contributed by atoms with E-state index in [9.17, 15) is 9.90 Å². The van der Waals surface area contributed by atoms with Crippen molar-refractivity contribution >= 4 is 5.97 Å². The lowest BCUT2D eigenvalue weighted by atomic mass is 10.1. The third-order valence-corrected chi connectivity index (χ3v) is 2.25. The molecule has 0 amide bonds. The Morgan fingerprint density at radius 1 is 1.53 bits per heavy atom. The number of carboxylic acid groups (broad SMARTS) is 1. The molecule has 5 heteroatoms. The van der Waals surface area contributed by atoms with Crippen molar-refractivity contribution in [2.75, 3.05) is 13.6 Å². The number of nitrogens with zero attached hydrogens (tertiary/aromatic N) is 1. The predicted octanol–water partition coefficient (Wildman–Crippen LogP) is 1.49. The van der Waals surface area contributed by atoms with Crippen molar-refractivity contribution < 1.29 is 19.4 Å². The lowest BCUT2D eigenvalue weighted by molar-refractivity contribution is 0.0402. The third kappa shape index (κ3) is 4.20. The monoisotopic (exact) mass is 241 g/mol. The number of likely N-dealkylation sites (N-methyl/N-ethyl adjacent to an activating group) is 1. The maximum absolute atomic E-state index is 10.8. The van der Waals surface area contributed by atoms with E-state index in [-0.39, 0.29) is 5.76 Å². The number of aromatic carboxylic acids is 1. The first kappa shape index (κ1) is 13.7. The van der Waals surface area contributed by atoms with Crippen molar-refractivity contribution in [3.05, 3.63) is 23.2 Å². The minimum atomic E-state index is -1.06. The topological polar surface area (TPSA) is 73.9 Å². The number of carboxylic acids is 1. The van der Waals surface area contributed by atoms with Gasteiger partial charge in [-0.15, -0.1) is 0 Å². The average molecular weight is 241 g/mol. The second-order valence-electron chi connectivity index (χ2n) is 5.01. The quantitative estimate of drug-likeness (QED) is 0.817. The Labute approximate surface area is 101 Å². The van der Waals surface area contributed by atoms with E-state index in [2.05, 4.69) is 0 Å². The van der Waals surface area contributed by atoms with E-state index in [1.165, 1.54) is 0 Å². The van der Waals surface area contributed by atoms with Crippen LogP contribution in [-0.2, 0) is 6.54 Å². The van der Waals surface area contributed by atoms with Gasteiger partial charge in [0.25, 0.3) is 0 Å². The molecule has 0 saturated heterocycles. The Kier molecular flexibility index (Phi) is 3.95. The van der Waals surface area contributed by atoms with Crippen molar-refractivity contribution in [1.29, 1.82) is 0 Å². The van der Waals surface area contributed by atoms with E-state index in [0.29, 0.717) is 24.4 Å². The van der Waals surface area contributed by atoms with Gasteiger partial charge in [-0.05, 0) is 33.9 Å². The molecule has 0 unspecified atom stereocenters. The molecule has 0 fully saturated rings. The first-order chi connectivity index (χ1) is 7.69. The van der Waals surface area contributed by atoms with Gasteiger partial charge in [0.1, 0.15) is 5.76 Å². The average Bonchev–Trinajstić information content (AvgIpc) is 2.42. The van der Waals surface area contributed by atoms with Crippen LogP contribution in [0.25, 0.3) is 0 Å². The van der Waals surface area contributed by atoms with Crippen molar-refractivity contribution in [2.24, 2.45) is 0 Å². The highest BCUT2D eigenvalue weighted by molar-refractivity contribution is 5.86. The second kappa shape index (κ2) is 4.89. The Balaban J connectivity index is 2.69. The molecule has 0 saturated carbocycles. The molecule has 0 spiro atoms. The van der Waals surface area contributed by atoms with Crippen LogP contribution in [-0.4, -0.2) is 40.3 Å². The lowest BCUT2D eigenvalue weighted by Gasteiger charge is -2.24. The van der Waals surface area contributed by atoms with Gasteiger partial charge in [0.15, 0.2) is 0 Å². The molecule has 5 nitrogen and oxygen atoms in total. The Morgan fingerprint density at radius 3 is 2.53 bits per heavy atom. The van der Waals surface area contributed by atoms with Gasteiger partial charge in [0.2, 0.25) is 5.76 Å². The molecular weight excluding hydrogens is 222 g/mol. The summed E-state index contributed by atoms with van der Waals surface area (Å²) in [5.41, 5.74) is -0.171. The molecule has 96 valence electrons. The highest BCUT2D eigenvalue weighted by atomic mass is 16.4. The molecule has 0 aliphatic carbocycles. The molecule has 1 aromatic heterocycles. The summed E-state index contributed by atoms with van der Waals surface area (Å²) in [6.45, 7) is 6.10. The highest BCUT2D eigenvalue weighted by Gasteiger charge is 2.18. The van der Waals surface area contributed by atoms with Gasteiger partial charge in [0.05, 0.1) is 12.1 Å². The summed E-state index contributed by atoms with van der Waals surface area (Å²) < 4.78 is 5.24. The van der Waals surface area contributed by atoms with Crippen LogP contribution in [0.5, 0.6) is 0 Å². The smallest absolute Gasteiger partial charge is 0.372 e. The third-order valence-electron chi connectivity index (χ3n) is 2.25. The summed E-state index contributed by atoms with van der Waals surface area (Å²) in [5, 5.41) is 18.5. The summed E-state index contributed by atoms with van der Waals surface area (Å²) in [6, 6.07) is 1.71. The Morgan fingerprint density at radius 2 is 2.12 bits per heavy atom. The van der Waals surface area contributed by atoms with Crippen LogP contribution in [0.3, 0.4) is 0 Å². The number of hydrogen-bond donors (Lipinski definition) is 2. The molecule has 0 bridgehead atoms. The number of rotatable bonds is 5. The number of aryl methyl sites for hydroxylation is 1. The zero-order valence-corrected chi connectivity index (χ0v) is 10.6. The number of carbonyl (C=O) groups is 1. The van der Waals surface area contributed by atoms with Crippen molar-refractivity contribution in [3.63, 3.8) is 0 Å². The van der Waals surface area contributed by atoms with Gasteiger partial charge in [0, 0.05) is 12.1 Å². The lowest BCUT2D eigenvalue weighted by Crippen LogP contribution is -2.35. The number of hydrogen-bond acceptors (Lipinski definition) is 4. The minimum Gasteiger partial charge on any atom is -0.475 e. The van der Waals surface area contributed by atoms with Crippen LogP contribution in [0.15, 0.2) is 10.5 Å². The molecule has 0 aliphatic heterocycles. The van der Waals surface area contributed by atoms with Gasteiger partial charge >= 0.3 is 5.97 Å². The van der Waals surface area contributed by atoms with Crippen LogP contribution in [0.2, 0.25) is 0 Å². The molecule has 0 aliphatic rings. The summed E-state index contributed by atoms with van der Waals surface area (Å²) in [7, 11) is 1.84. The van der Waals surface area contributed by atoms with E-state index in [0.717, 1.165) is 0 Å². The Hall–Kier alpha value is -1.33. The largest absolute Gasteiger partial charge is 0.475 e. The van der Waals surface area contributed by atoms with Gasteiger partial charge in [-0.25, -0.2) is 4.79 Å². The van der Waals surface area contributed by atoms with Gasteiger partial charge < -0.3 is 14.6 Å². The summed E-state index contributed by atoms with van der Waals surface area (Å²) >= 11 is 0. The summed E-state index contributed by atoms with van der Waals surface area (Å²) in [4.78, 5) is 12.7. The summed E-state index contributed by atoms with van der Waals surface area (Å²) in [6.07, 6.45) is 0. The normalized spacial score (nSPS) is 12.1. The van der Waals surface area contributed by atoms with E-state index < -0.39 is 11.6 Å². The Bertz CT molecular complexity index is 403. The number of furan rings is 1. The van der Waals surface area contributed by atoms with Gasteiger partial charge in [-0.3, -0.25) is 4.90 Å². The zero-order chi connectivity index (χ0) is 13.2. The summed E-state index contributed by atoms with van der Waals surface area (Å²) in [5.74, 6) is -0.484. The van der Waals surface area contributed by atoms with Crippen molar-refractivity contribution in [3.8, 4) is 0 Å². The standard InChI is InChI=1S/C12H19NO4/c1-8-5-9(17-10(8)11(14)15)6-13(4)7-12(2,3)16/h5,16H,6-7H2,1-4H3,(H,14,15). The van der Waals surface area contributed by atoms with Crippen LogP contribution >= 0.6 is 0 Å². The van der Waals surface area contributed by atoms with Crippen LogP contribution in [0, 0.1) is 6.92 Å². The molecule has 2 N–H and O–H groups in total. The fraction of sp³-hybridized carbons (Fsp3) is 0.583. The van der Waals surface area contributed by atoms with E-state index in [1.54, 1.807) is 26.8 Å². The van der Waals surface area contributed by atoms with Crippen LogP contribution in [0.4, 0.5) is 0 Å². The van der Waals surface area contributed by atoms with Crippen LogP contribution in [0.1, 0.15) is 35.7 Å². The maximum Gasteiger partial charge on any atom is 0.372 e. The first-order valence-electron chi connectivity index (χ1n) is 5.42. The molecule has 1 heterocycles. The zero-order valence-electron chi connectivity index (χ0n) is 10.6. The van der Waals surface area contributed by atoms with Crippen LogP contribution < -0.4 is 0 Å². The molecular formula is C12H19NO4. The molecule has 1 aromatic rings. The van der Waals surface area contributed by atoms with E-state index in [4.69, 9.17) is 9.52 Å². The SMILES string of the molecule is Cc1cc(CN(C)CC(C)(C)O)oc1C(=O)O. The molecule has 0 atom stereocenters. The molecule has 0 radical (unpaired) electrons. The fourth-order valence-electron chi connectivity index (χ4n) is 1.82. The molecule has 0 aromatic carbocycles. The second-order valence-corrected chi connectivity index (χ2v) is 5.01. The van der Waals surface area contributed by atoms with E-state index in [1.807, 2.05) is 11.9 Å². The molecule has 1 rings (SSSR count). The molecule has 17 heavy (non-hydrogen) atoms. The van der Waals surface area contributed by atoms with Crippen molar-refractivity contribution in [1.82, 2.24) is 4.90 Å². The van der Waals surface area contributed by atoms with Gasteiger partial charge in [-0.2, -0.15) is 0 Å². The fourth-order valence-corrected chi connectivity index (χ4v) is 1.82.